The van der Waals surface area contributed by atoms with Gasteiger partial charge in [0.1, 0.15) is 34.6 Å². The number of nitrogens with zero attached hydrogens (tertiary/aromatic N) is 2. The highest BCUT2D eigenvalue weighted by Crippen LogP contribution is 2.33. The van der Waals surface area contributed by atoms with Crippen molar-refractivity contribution in [2.24, 2.45) is 0 Å². The predicted molar refractivity (Wildman–Crippen MR) is 120 cm³/mol. The van der Waals surface area contributed by atoms with Crippen molar-refractivity contribution in [3.63, 3.8) is 0 Å². The molecule has 5 nitrogen and oxygen atoms in total. The molecule has 0 fully saturated rings. The first-order valence-corrected chi connectivity index (χ1v) is 10.6. The lowest BCUT2D eigenvalue weighted by molar-refractivity contribution is 0.148. The molecule has 3 aromatic rings. The molecule has 1 N–H and O–H groups in total. The molecule has 0 aliphatic carbocycles. The fourth-order valence-corrected chi connectivity index (χ4v) is 4.43. The Bertz CT molecular complexity index is 1080. The first-order chi connectivity index (χ1) is 14.1. The number of aryl methyl sites for hydroxylation is 2. The molecule has 3 heterocycles. The fraction of sp³-hybridized carbons (Fsp3) is 0.304. The molecule has 1 atom stereocenters. The second-order valence-corrected chi connectivity index (χ2v) is 8.27. The summed E-state index contributed by atoms with van der Waals surface area (Å²) in [6.07, 6.45) is 6.88. The number of anilines is 1. The summed E-state index contributed by atoms with van der Waals surface area (Å²) in [4.78, 5) is 11.2. The van der Waals surface area contributed by atoms with Crippen molar-refractivity contribution in [1.82, 2.24) is 9.97 Å². The van der Waals surface area contributed by atoms with E-state index in [-0.39, 0.29) is 6.10 Å². The third-order valence-electron chi connectivity index (χ3n) is 5.21. The molecule has 6 heteroatoms. The molecule has 0 radical (unpaired) electrons. The zero-order valence-corrected chi connectivity index (χ0v) is 18.0. The highest BCUT2D eigenvalue weighted by molar-refractivity contribution is 7.18. The van der Waals surface area contributed by atoms with Crippen molar-refractivity contribution in [2.75, 3.05) is 19.0 Å². The number of hydrogen-bond acceptors (Lipinski definition) is 6. The smallest absolute Gasteiger partial charge is 0.138 e. The van der Waals surface area contributed by atoms with Crippen LogP contribution in [0.15, 0.2) is 48.5 Å². The maximum Gasteiger partial charge on any atom is 0.138 e. The maximum absolute atomic E-state index is 6.16. The highest BCUT2D eigenvalue weighted by Gasteiger charge is 2.17. The van der Waals surface area contributed by atoms with E-state index in [2.05, 4.69) is 60.3 Å². The summed E-state index contributed by atoms with van der Waals surface area (Å²) in [6, 6.07) is 8.13. The minimum Gasteiger partial charge on any atom is -0.497 e. The van der Waals surface area contributed by atoms with Crippen molar-refractivity contribution in [3.8, 4) is 5.75 Å². The molecule has 0 saturated carbocycles. The Morgan fingerprint density at radius 3 is 2.69 bits per heavy atom. The van der Waals surface area contributed by atoms with E-state index < -0.39 is 0 Å². The van der Waals surface area contributed by atoms with E-state index in [0.29, 0.717) is 6.54 Å². The van der Waals surface area contributed by atoms with Gasteiger partial charge >= 0.3 is 0 Å². The van der Waals surface area contributed by atoms with Crippen LogP contribution >= 0.6 is 11.3 Å². The Morgan fingerprint density at radius 2 is 1.97 bits per heavy atom. The van der Waals surface area contributed by atoms with Gasteiger partial charge in [0.2, 0.25) is 0 Å². The topological polar surface area (TPSA) is 56.3 Å². The average molecular weight is 408 g/mol. The van der Waals surface area contributed by atoms with E-state index in [4.69, 9.17) is 9.47 Å². The van der Waals surface area contributed by atoms with Crippen LogP contribution in [0.3, 0.4) is 0 Å². The number of nitrogens with one attached hydrogen (secondary N) is 1. The molecule has 0 amide bonds. The summed E-state index contributed by atoms with van der Waals surface area (Å²) in [5.74, 6) is 2.62. The van der Waals surface area contributed by atoms with Gasteiger partial charge in [0.15, 0.2) is 0 Å². The molecule has 29 heavy (non-hydrogen) atoms. The van der Waals surface area contributed by atoms with Crippen LogP contribution in [0.5, 0.6) is 5.75 Å². The molecule has 1 unspecified atom stereocenters. The van der Waals surface area contributed by atoms with Crippen LogP contribution in [0.2, 0.25) is 0 Å². The Kier molecular flexibility index (Phi) is 5.53. The summed E-state index contributed by atoms with van der Waals surface area (Å²) in [7, 11) is 1.68. The average Bonchev–Trinajstić information content (AvgIpc) is 3.06. The molecule has 0 spiro atoms. The first-order valence-electron chi connectivity index (χ1n) is 9.77. The summed E-state index contributed by atoms with van der Waals surface area (Å²) in [6.45, 7) is 6.95. The number of rotatable bonds is 6. The summed E-state index contributed by atoms with van der Waals surface area (Å²) >= 11 is 1.70. The predicted octanol–water partition coefficient (Wildman–Crippen LogP) is 5.50. The van der Waals surface area contributed by atoms with Gasteiger partial charge in [-0.15, -0.1) is 11.3 Å². The molecule has 1 aliphatic rings. The van der Waals surface area contributed by atoms with E-state index in [0.717, 1.165) is 45.1 Å². The molecule has 150 valence electrons. The van der Waals surface area contributed by atoms with Gasteiger partial charge in [-0.2, -0.15) is 0 Å². The largest absolute Gasteiger partial charge is 0.497 e. The Hall–Kier alpha value is -2.86. The molecular weight excluding hydrogens is 382 g/mol. The standard InChI is InChI=1S/C23H25N3O2S/c1-5-18-10-17(16-6-8-19(27-4)9-7-16)11-20(28-18)12-24-22-21-14(2)15(3)29-23(21)26-13-25-22/h6-11,13,18H,5,12H2,1-4H3,(H,24,25,26). The third kappa shape index (κ3) is 3.98. The first kappa shape index (κ1) is 19.5. The van der Waals surface area contributed by atoms with Crippen molar-refractivity contribution in [1.29, 1.82) is 0 Å². The van der Waals surface area contributed by atoms with Crippen LogP contribution < -0.4 is 10.1 Å². The van der Waals surface area contributed by atoms with Crippen LogP contribution in [-0.4, -0.2) is 29.7 Å². The van der Waals surface area contributed by atoms with Crippen molar-refractivity contribution >= 4 is 32.9 Å². The van der Waals surface area contributed by atoms with E-state index in [1.165, 1.54) is 10.4 Å². The zero-order chi connectivity index (χ0) is 20.4. The van der Waals surface area contributed by atoms with Crippen LogP contribution in [0, 0.1) is 13.8 Å². The third-order valence-corrected chi connectivity index (χ3v) is 6.32. The number of ether oxygens (including phenoxy) is 2. The van der Waals surface area contributed by atoms with Crippen LogP contribution in [0.25, 0.3) is 15.8 Å². The fourth-order valence-electron chi connectivity index (χ4n) is 3.43. The summed E-state index contributed by atoms with van der Waals surface area (Å²) in [5, 5.41) is 4.56. The number of fused-ring (bicyclic) bond motifs is 1. The van der Waals surface area contributed by atoms with Gasteiger partial charge in [0.05, 0.1) is 19.0 Å². The van der Waals surface area contributed by atoms with Gasteiger partial charge in [-0.1, -0.05) is 19.1 Å². The van der Waals surface area contributed by atoms with Crippen LogP contribution in [0.1, 0.15) is 29.3 Å². The summed E-state index contributed by atoms with van der Waals surface area (Å²) < 4.78 is 11.4. The maximum atomic E-state index is 6.16. The molecule has 0 saturated heterocycles. The molecular formula is C23H25N3O2S. The minimum absolute atomic E-state index is 0.0597. The van der Waals surface area contributed by atoms with Gasteiger partial charge < -0.3 is 14.8 Å². The molecule has 2 aromatic heterocycles. The van der Waals surface area contributed by atoms with Crippen LogP contribution in [0.4, 0.5) is 5.82 Å². The normalized spacial score (nSPS) is 16.2. The molecule has 1 aliphatic heterocycles. The molecule has 4 rings (SSSR count). The second-order valence-electron chi connectivity index (χ2n) is 7.06. The van der Waals surface area contributed by atoms with E-state index in [9.17, 15) is 0 Å². The minimum atomic E-state index is 0.0597. The second kappa shape index (κ2) is 8.25. The van der Waals surface area contributed by atoms with Crippen LogP contribution in [-0.2, 0) is 4.74 Å². The van der Waals surface area contributed by atoms with Gasteiger partial charge in [0, 0.05) is 4.88 Å². The SMILES string of the molecule is CCC1C=C(c2ccc(OC)cc2)C=C(CNc2ncnc3sc(C)c(C)c23)O1. The van der Waals surface area contributed by atoms with Crippen molar-refractivity contribution in [2.45, 2.75) is 33.3 Å². The van der Waals surface area contributed by atoms with Gasteiger partial charge in [0.25, 0.3) is 0 Å². The molecule has 0 bridgehead atoms. The number of aromatic nitrogens is 2. The van der Waals surface area contributed by atoms with E-state index in [1.54, 1.807) is 24.8 Å². The Labute approximate surface area is 175 Å². The zero-order valence-electron chi connectivity index (χ0n) is 17.2. The Balaban J connectivity index is 1.58. The highest BCUT2D eigenvalue weighted by atomic mass is 32.1. The van der Waals surface area contributed by atoms with Gasteiger partial charge in [-0.3, -0.25) is 0 Å². The quantitative estimate of drug-likeness (QED) is 0.584. The van der Waals surface area contributed by atoms with E-state index in [1.807, 2.05) is 12.1 Å². The van der Waals surface area contributed by atoms with Gasteiger partial charge in [-0.05, 0) is 61.3 Å². The number of allylic oxidation sites excluding steroid dienone is 2. The number of hydrogen-bond donors (Lipinski definition) is 1. The molecule has 1 aromatic carbocycles. The van der Waals surface area contributed by atoms with Crippen molar-refractivity contribution in [3.05, 3.63) is 64.5 Å². The van der Waals surface area contributed by atoms with E-state index >= 15 is 0 Å². The van der Waals surface area contributed by atoms with Crippen molar-refractivity contribution < 1.29 is 9.47 Å². The lowest BCUT2D eigenvalue weighted by Crippen LogP contribution is -2.18. The lowest BCUT2D eigenvalue weighted by atomic mass is 10.00. The Morgan fingerprint density at radius 1 is 1.17 bits per heavy atom. The van der Waals surface area contributed by atoms with Gasteiger partial charge in [-0.25, -0.2) is 9.97 Å². The lowest BCUT2D eigenvalue weighted by Gasteiger charge is -2.23. The summed E-state index contributed by atoms with van der Waals surface area (Å²) in [5.41, 5.74) is 3.55. The number of thiophene rings is 1. The monoisotopic (exact) mass is 407 g/mol. The number of benzene rings is 1. The number of methoxy groups -OCH3 is 1.